The quantitative estimate of drug-likeness (QED) is 0.405. The first kappa shape index (κ1) is 12.5. The number of aldehydes is 1. The second kappa shape index (κ2) is 6.03. The molecule has 0 radical (unpaired) electrons. The van der Waals surface area contributed by atoms with Crippen LogP contribution in [-0.2, 0) is 4.79 Å². The Labute approximate surface area is 88.9 Å². The number of carbonyl (C=O) groups excluding carboxylic acids is 1. The van der Waals surface area contributed by atoms with Crippen LogP contribution in [0.3, 0.4) is 0 Å². The van der Waals surface area contributed by atoms with E-state index in [0.29, 0.717) is 12.0 Å². The van der Waals surface area contributed by atoms with Gasteiger partial charge in [-0.25, -0.2) is 0 Å². The first-order valence-electron chi connectivity index (χ1n) is 3.80. The molecular weight excluding hydrogens is 200 g/mol. The summed E-state index contributed by atoms with van der Waals surface area (Å²) in [5.74, 6) is 5.35. The highest BCUT2D eigenvalue weighted by Crippen LogP contribution is 2.03. The molecule has 0 bridgehead atoms. The molecule has 4 N–H and O–H groups in total. The smallest absolute Gasteiger partial charge is 0.148 e. The van der Waals surface area contributed by atoms with Crippen LogP contribution in [0.5, 0.6) is 0 Å². The van der Waals surface area contributed by atoms with Crippen molar-refractivity contribution in [3.05, 3.63) is 29.8 Å². The SMILES string of the molecule is Cl.Nc1ccc(C#CC(N)C=O)cc1. The molecule has 0 amide bonds. The van der Waals surface area contributed by atoms with Gasteiger partial charge in [0.1, 0.15) is 12.3 Å². The zero-order valence-electron chi connectivity index (χ0n) is 7.44. The summed E-state index contributed by atoms with van der Waals surface area (Å²) in [5, 5.41) is 0. The fraction of sp³-hybridized carbons (Fsp3) is 0.100. The van der Waals surface area contributed by atoms with Gasteiger partial charge < -0.3 is 16.3 Å². The van der Waals surface area contributed by atoms with Gasteiger partial charge in [-0.2, -0.15) is 0 Å². The summed E-state index contributed by atoms with van der Waals surface area (Å²) in [5.41, 5.74) is 12.2. The van der Waals surface area contributed by atoms with Crippen molar-refractivity contribution < 1.29 is 4.79 Å². The van der Waals surface area contributed by atoms with Crippen LogP contribution in [0.4, 0.5) is 5.69 Å². The van der Waals surface area contributed by atoms with E-state index in [2.05, 4.69) is 11.8 Å². The molecular formula is C10H11ClN2O. The van der Waals surface area contributed by atoms with E-state index in [4.69, 9.17) is 11.5 Å². The first-order chi connectivity index (χ1) is 6.22. The second-order valence-electron chi connectivity index (χ2n) is 2.55. The maximum atomic E-state index is 10.1. The molecule has 0 aromatic heterocycles. The summed E-state index contributed by atoms with van der Waals surface area (Å²) in [6.07, 6.45) is 0.601. The minimum Gasteiger partial charge on any atom is -0.399 e. The van der Waals surface area contributed by atoms with Gasteiger partial charge in [0.15, 0.2) is 0 Å². The van der Waals surface area contributed by atoms with Gasteiger partial charge in [0.05, 0.1) is 0 Å². The zero-order valence-corrected chi connectivity index (χ0v) is 8.25. The Hall–Kier alpha value is -1.50. The Morgan fingerprint density at radius 1 is 1.29 bits per heavy atom. The van der Waals surface area contributed by atoms with Crippen molar-refractivity contribution in [3.63, 3.8) is 0 Å². The average Bonchev–Trinajstić information content (AvgIpc) is 2.16. The number of anilines is 1. The lowest BCUT2D eigenvalue weighted by molar-refractivity contribution is -0.107. The third kappa shape index (κ3) is 3.94. The van der Waals surface area contributed by atoms with Crippen LogP contribution < -0.4 is 11.5 Å². The summed E-state index contributed by atoms with van der Waals surface area (Å²) in [6.45, 7) is 0. The van der Waals surface area contributed by atoms with Gasteiger partial charge in [-0.1, -0.05) is 11.8 Å². The summed E-state index contributed by atoms with van der Waals surface area (Å²) >= 11 is 0. The predicted octanol–water partition coefficient (Wildman–Crippen LogP) is 0.568. The van der Waals surface area contributed by atoms with E-state index in [1.807, 2.05) is 0 Å². The number of rotatable bonds is 1. The molecule has 0 aliphatic heterocycles. The monoisotopic (exact) mass is 210 g/mol. The lowest BCUT2D eigenvalue weighted by Crippen LogP contribution is -2.18. The van der Waals surface area contributed by atoms with Crippen molar-refractivity contribution in [1.82, 2.24) is 0 Å². The molecule has 0 spiro atoms. The van der Waals surface area contributed by atoms with Gasteiger partial charge >= 0.3 is 0 Å². The molecule has 0 fully saturated rings. The van der Waals surface area contributed by atoms with Crippen LogP contribution in [0.1, 0.15) is 5.56 Å². The molecule has 1 aromatic rings. The van der Waals surface area contributed by atoms with Crippen molar-refractivity contribution in [2.75, 3.05) is 5.73 Å². The fourth-order valence-corrected chi connectivity index (χ4v) is 0.767. The van der Waals surface area contributed by atoms with Crippen molar-refractivity contribution in [3.8, 4) is 11.8 Å². The van der Waals surface area contributed by atoms with Crippen LogP contribution in [0.2, 0.25) is 0 Å². The van der Waals surface area contributed by atoms with E-state index in [1.54, 1.807) is 24.3 Å². The minimum atomic E-state index is -0.711. The van der Waals surface area contributed by atoms with Crippen LogP contribution in [0, 0.1) is 11.8 Å². The highest BCUT2D eigenvalue weighted by molar-refractivity contribution is 5.85. The van der Waals surface area contributed by atoms with Gasteiger partial charge in [0, 0.05) is 11.3 Å². The summed E-state index contributed by atoms with van der Waals surface area (Å²) in [7, 11) is 0. The number of halogens is 1. The molecule has 0 aliphatic rings. The summed E-state index contributed by atoms with van der Waals surface area (Å²) < 4.78 is 0. The second-order valence-corrected chi connectivity index (χ2v) is 2.55. The lowest BCUT2D eigenvalue weighted by Gasteiger charge is -1.92. The summed E-state index contributed by atoms with van der Waals surface area (Å²) in [4.78, 5) is 10.1. The van der Waals surface area contributed by atoms with Crippen LogP contribution in [-0.4, -0.2) is 12.3 Å². The fourth-order valence-electron chi connectivity index (χ4n) is 0.767. The molecule has 0 aliphatic carbocycles. The zero-order chi connectivity index (χ0) is 9.68. The molecule has 0 heterocycles. The summed E-state index contributed by atoms with van der Waals surface area (Å²) in [6, 6.07) is 6.34. The molecule has 1 unspecified atom stereocenters. The third-order valence-corrected chi connectivity index (χ3v) is 1.44. The Morgan fingerprint density at radius 3 is 2.36 bits per heavy atom. The van der Waals surface area contributed by atoms with E-state index in [1.165, 1.54) is 0 Å². The highest BCUT2D eigenvalue weighted by atomic mass is 35.5. The van der Waals surface area contributed by atoms with Crippen LogP contribution in [0.15, 0.2) is 24.3 Å². The molecule has 1 rings (SSSR count). The molecule has 4 heteroatoms. The van der Waals surface area contributed by atoms with Gasteiger partial charge in [-0.05, 0) is 24.3 Å². The van der Waals surface area contributed by atoms with Gasteiger partial charge in [0.2, 0.25) is 0 Å². The molecule has 0 saturated heterocycles. The van der Waals surface area contributed by atoms with Crippen LogP contribution >= 0.6 is 12.4 Å². The molecule has 74 valence electrons. The van der Waals surface area contributed by atoms with Gasteiger partial charge in [-0.3, -0.25) is 0 Å². The number of benzene rings is 1. The van der Waals surface area contributed by atoms with E-state index >= 15 is 0 Å². The number of nitrogen functional groups attached to an aromatic ring is 1. The highest BCUT2D eigenvalue weighted by Gasteiger charge is 1.90. The van der Waals surface area contributed by atoms with E-state index in [-0.39, 0.29) is 12.4 Å². The third-order valence-electron chi connectivity index (χ3n) is 1.44. The van der Waals surface area contributed by atoms with Gasteiger partial charge in [0.25, 0.3) is 0 Å². The van der Waals surface area contributed by atoms with Crippen molar-refractivity contribution in [2.24, 2.45) is 5.73 Å². The van der Waals surface area contributed by atoms with Crippen LogP contribution in [0.25, 0.3) is 0 Å². The Bertz CT molecular complexity index is 351. The number of hydrogen-bond donors (Lipinski definition) is 2. The Kier molecular flexibility index (Phi) is 5.38. The number of hydrogen-bond acceptors (Lipinski definition) is 3. The van der Waals surface area contributed by atoms with Crippen molar-refractivity contribution in [1.29, 1.82) is 0 Å². The lowest BCUT2D eigenvalue weighted by atomic mass is 10.2. The van der Waals surface area contributed by atoms with Crippen molar-refractivity contribution in [2.45, 2.75) is 6.04 Å². The predicted molar refractivity (Wildman–Crippen MR) is 59.0 cm³/mol. The largest absolute Gasteiger partial charge is 0.399 e. The Balaban J connectivity index is 0.00000169. The maximum Gasteiger partial charge on any atom is 0.148 e. The number of nitrogens with two attached hydrogens (primary N) is 2. The molecule has 1 atom stereocenters. The normalized spacial score (nSPS) is 10.4. The van der Waals surface area contributed by atoms with E-state index < -0.39 is 6.04 Å². The van der Waals surface area contributed by atoms with E-state index in [0.717, 1.165) is 5.56 Å². The Morgan fingerprint density at radius 2 is 1.86 bits per heavy atom. The molecule has 14 heavy (non-hydrogen) atoms. The molecule has 1 aromatic carbocycles. The molecule has 0 saturated carbocycles. The topological polar surface area (TPSA) is 69.1 Å². The number of carbonyl (C=O) groups is 1. The maximum absolute atomic E-state index is 10.1. The first-order valence-corrected chi connectivity index (χ1v) is 3.80. The minimum absolute atomic E-state index is 0. The standard InChI is InChI=1S/C10H10N2O.ClH/c11-9-4-1-8(2-5-9)3-6-10(12)7-13;/h1-2,4-5,7,10H,11-12H2;1H. The van der Waals surface area contributed by atoms with Crippen molar-refractivity contribution >= 4 is 24.4 Å². The molecule has 3 nitrogen and oxygen atoms in total. The average molecular weight is 211 g/mol. The van der Waals surface area contributed by atoms with Gasteiger partial charge in [-0.15, -0.1) is 12.4 Å². The van der Waals surface area contributed by atoms with E-state index in [9.17, 15) is 4.79 Å².